The van der Waals surface area contributed by atoms with Crippen LogP contribution in [-0.2, 0) is 15.6 Å². The summed E-state index contributed by atoms with van der Waals surface area (Å²) in [5.41, 5.74) is 6.99. The monoisotopic (exact) mass is 360 g/mol. The standard InChI is InChI=1S/C16H24N2O3S.ClH/c1-12-6-7-18(15(8-12)10-17)16(19)14-5-3-4-13(9-14)11-22(2,20)21;/h3-5,9,12,15H,6-8,10-11,17H2,1-2H3;1H. The molecular formula is C16H25ClN2O3S. The van der Waals surface area contributed by atoms with Gasteiger partial charge < -0.3 is 10.6 Å². The average Bonchev–Trinajstić information content (AvgIpc) is 2.45. The van der Waals surface area contributed by atoms with Crippen molar-refractivity contribution in [2.45, 2.75) is 31.6 Å². The number of hydrogen-bond donors (Lipinski definition) is 1. The lowest BCUT2D eigenvalue weighted by molar-refractivity contribution is 0.0573. The number of sulfone groups is 1. The summed E-state index contributed by atoms with van der Waals surface area (Å²) in [6, 6.07) is 6.94. The molecule has 0 saturated carbocycles. The van der Waals surface area contributed by atoms with Crippen LogP contribution in [0.1, 0.15) is 35.7 Å². The van der Waals surface area contributed by atoms with Crippen LogP contribution in [0, 0.1) is 5.92 Å². The van der Waals surface area contributed by atoms with Crippen LogP contribution in [0.4, 0.5) is 0 Å². The van der Waals surface area contributed by atoms with Crippen LogP contribution in [0.3, 0.4) is 0 Å². The van der Waals surface area contributed by atoms with Gasteiger partial charge in [0.25, 0.3) is 5.91 Å². The van der Waals surface area contributed by atoms with Crippen LogP contribution in [0.25, 0.3) is 0 Å². The number of rotatable bonds is 4. The summed E-state index contributed by atoms with van der Waals surface area (Å²) < 4.78 is 22.8. The Morgan fingerprint density at radius 3 is 2.70 bits per heavy atom. The molecule has 5 nitrogen and oxygen atoms in total. The Morgan fingerprint density at radius 2 is 2.09 bits per heavy atom. The van der Waals surface area contributed by atoms with E-state index in [0.29, 0.717) is 30.1 Å². The molecule has 0 radical (unpaired) electrons. The molecule has 0 aliphatic carbocycles. The molecule has 0 aromatic heterocycles. The van der Waals surface area contributed by atoms with E-state index in [4.69, 9.17) is 5.73 Å². The number of carbonyl (C=O) groups is 1. The van der Waals surface area contributed by atoms with Gasteiger partial charge in [0.15, 0.2) is 9.84 Å². The third kappa shape index (κ3) is 5.48. The second-order valence-electron chi connectivity index (χ2n) is 6.29. The highest BCUT2D eigenvalue weighted by atomic mass is 35.5. The number of likely N-dealkylation sites (tertiary alicyclic amines) is 1. The van der Waals surface area contributed by atoms with Crippen LogP contribution in [0.15, 0.2) is 24.3 Å². The first-order valence-corrected chi connectivity index (χ1v) is 9.64. The molecule has 0 bridgehead atoms. The van der Waals surface area contributed by atoms with E-state index in [2.05, 4.69) is 6.92 Å². The van der Waals surface area contributed by atoms with Gasteiger partial charge in [-0.1, -0.05) is 19.1 Å². The molecule has 1 aliphatic rings. The molecule has 2 N–H and O–H groups in total. The summed E-state index contributed by atoms with van der Waals surface area (Å²) in [5.74, 6) is 0.470. The highest BCUT2D eigenvalue weighted by Gasteiger charge is 2.29. The van der Waals surface area contributed by atoms with Crippen molar-refractivity contribution in [2.75, 3.05) is 19.3 Å². The van der Waals surface area contributed by atoms with Gasteiger partial charge in [-0.25, -0.2) is 8.42 Å². The molecule has 2 rings (SSSR count). The SMILES string of the molecule is CC1CCN(C(=O)c2cccc(CS(C)(=O)=O)c2)C(CN)C1.Cl. The molecule has 1 amide bonds. The minimum Gasteiger partial charge on any atom is -0.334 e. The number of halogens is 1. The summed E-state index contributed by atoms with van der Waals surface area (Å²) in [5, 5.41) is 0. The summed E-state index contributed by atoms with van der Waals surface area (Å²) in [7, 11) is -3.11. The molecule has 0 spiro atoms. The minimum absolute atomic E-state index is 0. The van der Waals surface area contributed by atoms with Crippen LogP contribution in [-0.4, -0.2) is 44.6 Å². The van der Waals surface area contributed by atoms with Gasteiger partial charge in [0.2, 0.25) is 0 Å². The molecular weight excluding hydrogens is 336 g/mol. The maximum atomic E-state index is 12.7. The van der Waals surface area contributed by atoms with Crippen LogP contribution < -0.4 is 5.73 Å². The van der Waals surface area contributed by atoms with Gasteiger partial charge in [-0.05, 0) is 36.5 Å². The van der Waals surface area contributed by atoms with E-state index >= 15 is 0 Å². The smallest absolute Gasteiger partial charge is 0.254 e. The molecule has 2 atom stereocenters. The van der Waals surface area contributed by atoms with Crippen molar-refractivity contribution in [3.05, 3.63) is 35.4 Å². The Hall–Kier alpha value is -1.11. The third-order valence-corrected chi connectivity index (χ3v) is 4.97. The van der Waals surface area contributed by atoms with Gasteiger partial charge in [0.05, 0.1) is 5.75 Å². The number of carbonyl (C=O) groups excluding carboxylic acids is 1. The normalized spacial score (nSPS) is 21.6. The Labute approximate surface area is 144 Å². The molecule has 130 valence electrons. The number of nitrogens with two attached hydrogens (primary N) is 1. The average molecular weight is 361 g/mol. The zero-order valence-corrected chi connectivity index (χ0v) is 15.2. The summed E-state index contributed by atoms with van der Waals surface area (Å²) in [4.78, 5) is 14.5. The van der Waals surface area contributed by atoms with Crippen molar-refractivity contribution < 1.29 is 13.2 Å². The van der Waals surface area contributed by atoms with E-state index < -0.39 is 9.84 Å². The number of hydrogen-bond acceptors (Lipinski definition) is 4. The Morgan fingerprint density at radius 1 is 1.39 bits per heavy atom. The maximum absolute atomic E-state index is 12.7. The fourth-order valence-electron chi connectivity index (χ4n) is 3.01. The first-order valence-electron chi connectivity index (χ1n) is 7.58. The molecule has 1 saturated heterocycles. The van der Waals surface area contributed by atoms with Crippen LogP contribution in [0.5, 0.6) is 0 Å². The number of amides is 1. The predicted octanol–water partition coefficient (Wildman–Crippen LogP) is 1.85. The van der Waals surface area contributed by atoms with E-state index in [-0.39, 0.29) is 30.1 Å². The Kier molecular flexibility index (Phi) is 7.04. The van der Waals surface area contributed by atoms with Crippen molar-refractivity contribution in [2.24, 2.45) is 11.7 Å². The molecule has 1 aromatic carbocycles. The second kappa shape index (κ2) is 8.13. The lowest BCUT2D eigenvalue weighted by Gasteiger charge is -2.38. The number of benzene rings is 1. The fourth-order valence-corrected chi connectivity index (χ4v) is 3.79. The molecule has 1 heterocycles. The van der Waals surface area contributed by atoms with Gasteiger partial charge in [0, 0.05) is 31.0 Å². The van der Waals surface area contributed by atoms with Crippen molar-refractivity contribution in [3.8, 4) is 0 Å². The van der Waals surface area contributed by atoms with Gasteiger partial charge in [0.1, 0.15) is 0 Å². The summed E-state index contributed by atoms with van der Waals surface area (Å²) >= 11 is 0. The zero-order chi connectivity index (χ0) is 16.3. The van der Waals surface area contributed by atoms with Gasteiger partial charge in [-0.2, -0.15) is 0 Å². The van der Waals surface area contributed by atoms with Crippen LogP contribution >= 0.6 is 12.4 Å². The summed E-state index contributed by atoms with van der Waals surface area (Å²) in [6.45, 7) is 3.34. The van der Waals surface area contributed by atoms with Gasteiger partial charge >= 0.3 is 0 Å². The third-order valence-electron chi connectivity index (χ3n) is 4.11. The number of nitrogens with zero attached hydrogens (tertiary/aromatic N) is 1. The molecule has 2 unspecified atom stereocenters. The number of piperidine rings is 1. The van der Waals surface area contributed by atoms with E-state index in [1.54, 1.807) is 24.3 Å². The largest absolute Gasteiger partial charge is 0.334 e. The molecule has 7 heteroatoms. The predicted molar refractivity (Wildman–Crippen MR) is 94.5 cm³/mol. The first-order chi connectivity index (χ1) is 10.3. The topological polar surface area (TPSA) is 80.5 Å². The van der Waals surface area contributed by atoms with Crippen molar-refractivity contribution in [1.29, 1.82) is 0 Å². The van der Waals surface area contributed by atoms with Gasteiger partial charge in [-0.15, -0.1) is 12.4 Å². The van der Waals surface area contributed by atoms with Crippen molar-refractivity contribution in [3.63, 3.8) is 0 Å². The molecule has 1 aromatic rings. The van der Waals surface area contributed by atoms with Crippen LogP contribution in [0.2, 0.25) is 0 Å². The zero-order valence-electron chi connectivity index (χ0n) is 13.6. The van der Waals surface area contributed by atoms with E-state index in [0.717, 1.165) is 12.8 Å². The molecule has 23 heavy (non-hydrogen) atoms. The van der Waals surface area contributed by atoms with E-state index in [9.17, 15) is 13.2 Å². The maximum Gasteiger partial charge on any atom is 0.254 e. The van der Waals surface area contributed by atoms with Gasteiger partial charge in [-0.3, -0.25) is 4.79 Å². The lowest BCUT2D eigenvalue weighted by atomic mass is 9.92. The van der Waals surface area contributed by atoms with Crippen molar-refractivity contribution in [1.82, 2.24) is 4.90 Å². The van der Waals surface area contributed by atoms with Crippen molar-refractivity contribution >= 4 is 28.2 Å². The first kappa shape index (κ1) is 19.9. The summed E-state index contributed by atoms with van der Waals surface area (Å²) in [6.07, 6.45) is 3.09. The lowest BCUT2D eigenvalue weighted by Crippen LogP contribution is -2.49. The fraction of sp³-hybridized carbons (Fsp3) is 0.562. The molecule has 1 aliphatic heterocycles. The molecule has 1 fully saturated rings. The highest BCUT2D eigenvalue weighted by Crippen LogP contribution is 2.24. The highest BCUT2D eigenvalue weighted by molar-refractivity contribution is 7.89. The quantitative estimate of drug-likeness (QED) is 0.888. The Balaban J connectivity index is 0.00000264. The minimum atomic E-state index is -3.11. The van der Waals surface area contributed by atoms with E-state index in [1.807, 2.05) is 4.90 Å². The Bertz CT molecular complexity index is 648. The second-order valence-corrected chi connectivity index (χ2v) is 8.43. The van der Waals surface area contributed by atoms with E-state index in [1.165, 1.54) is 6.26 Å².